The number of benzene rings is 1. The van der Waals surface area contributed by atoms with E-state index in [1.54, 1.807) is 0 Å². The van der Waals surface area contributed by atoms with Crippen LogP contribution in [0.4, 0.5) is 0 Å². The first kappa shape index (κ1) is 14.9. The summed E-state index contributed by atoms with van der Waals surface area (Å²) in [4.78, 5) is 22.3. The molecule has 1 amide bonds. The van der Waals surface area contributed by atoms with Crippen LogP contribution in [0.2, 0.25) is 0 Å². The fourth-order valence-corrected chi connectivity index (χ4v) is 2.49. The first-order chi connectivity index (χ1) is 8.52. The third-order valence-corrected chi connectivity index (χ3v) is 3.45. The van der Waals surface area contributed by atoms with Crippen LogP contribution in [0.1, 0.15) is 35.2 Å². The highest BCUT2D eigenvalue weighted by Gasteiger charge is 2.11. The molecular formula is C13H16INO3. The minimum atomic E-state index is -0.797. The zero-order valence-corrected chi connectivity index (χ0v) is 12.4. The van der Waals surface area contributed by atoms with Crippen LogP contribution < -0.4 is 5.32 Å². The Kier molecular flexibility index (Phi) is 6.11. The van der Waals surface area contributed by atoms with Crippen molar-refractivity contribution in [2.75, 3.05) is 6.54 Å². The van der Waals surface area contributed by atoms with Crippen LogP contribution >= 0.6 is 22.6 Å². The maximum Gasteiger partial charge on any atom is 0.303 e. The number of amides is 1. The third kappa shape index (κ3) is 4.64. The number of rotatable bonds is 6. The van der Waals surface area contributed by atoms with E-state index in [0.29, 0.717) is 24.9 Å². The number of nitrogens with one attached hydrogen (secondary N) is 1. The number of carbonyl (C=O) groups excluding carboxylic acids is 1. The number of carbonyl (C=O) groups is 2. The van der Waals surface area contributed by atoms with E-state index < -0.39 is 5.97 Å². The molecule has 5 heteroatoms. The highest BCUT2D eigenvalue weighted by atomic mass is 127. The molecule has 0 heterocycles. The summed E-state index contributed by atoms with van der Waals surface area (Å²) < 4.78 is 0.927. The molecule has 0 saturated carbocycles. The summed E-state index contributed by atoms with van der Waals surface area (Å²) in [5.41, 5.74) is 1.65. The summed E-state index contributed by atoms with van der Waals surface area (Å²) in [5.74, 6) is -0.886. The molecule has 0 saturated heterocycles. The third-order valence-electron chi connectivity index (χ3n) is 2.55. The van der Waals surface area contributed by atoms with Gasteiger partial charge in [0.2, 0.25) is 0 Å². The number of aliphatic carboxylic acids is 1. The fourth-order valence-electron chi connectivity index (χ4n) is 1.61. The maximum atomic E-state index is 12.0. The van der Waals surface area contributed by atoms with Crippen molar-refractivity contribution in [1.82, 2.24) is 5.32 Å². The van der Waals surface area contributed by atoms with Gasteiger partial charge in [-0.25, -0.2) is 0 Å². The van der Waals surface area contributed by atoms with Crippen molar-refractivity contribution in [2.24, 2.45) is 0 Å². The average molecular weight is 361 g/mol. The molecule has 0 aliphatic carbocycles. The van der Waals surface area contributed by atoms with Crippen LogP contribution in [0.25, 0.3) is 0 Å². The van der Waals surface area contributed by atoms with Crippen molar-refractivity contribution in [2.45, 2.75) is 26.2 Å². The second kappa shape index (κ2) is 7.35. The Hall–Kier alpha value is -1.11. The Balaban J connectivity index is 2.44. The van der Waals surface area contributed by atoms with Crippen molar-refractivity contribution in [1.29, 1.82) is 0 Å². The quantitative estimate of drug-likeness (QED) is 0.605. The molecule has 1 aromatic carbocycles. The van der Waals surface area contributed by atoms with Gasteiger partial charge in [-0.1, -0.05) is 12.1 Å². The number of unbranched alkanes of at least 4 members (excludes halogenated alkanes) is 1. The topological polar surface area (TPSA) is 66.4 Å². The number of hydrogen-bond acceptors (Lipinski definition) is 2. The van der Waals surface area contributed by atoms with Gasteiger partial charge in [-0.05, 0) is 54.0 Å². The molecule has 0 fully saturated rings. The lowest BCUT2D eigenvalue weighted by molar-refractivity contribution is -0.137. The Labute approximate surface area is 120 Å². The van der Waals surface area contributed by atoms with E-state index in [9.17, 15) is 9.59 Å². The Morgan fingerprint density at radius 3 is 2.67 bits per heavy atom. The number of carboxylic acids is 1. The van der Waals surface area contributed by atoms with E-state index in [2.05, 4.69) is 27.9 Å². The van der Waals surface area contributed by atoms with Gasteiger partial charge in [-0.15, -0.1) is 0 Å². The molecule has 2 N–H and O–H groups in total. The van der Waals surface area contributed by atoms with Crippen molar-refractivity contribution in [3.63, 3.8) is 0 Å². The zero-order chi connectivity index (χ0) is 13.5. The molecule has 1 aromatic rings. The molecule has 0 aliphatic heterocycles. The van der Waals surface area contributed by atoms with E-state index in [-0.39, 0.29) is 12.3 Å². The summed E-state index contributed by atoms with van der Waals surface area (Å²) in [6.45, 7) is 2.41. The van der Waals surface area contributed by atoms with Gasteiger partial charge in [0.15, 0.2) is 0 Å². The number of aryl methyl sites for hydroxylation is 1. The molecule has 18 heavy (non-hydrogen) atoms. The lowest BCUT2D eigenvalue weighted by Gasteiger charge is -2.09. The van der Waals surface area contributed by atoms with Crippen molar-refractivity contribution >= 4 is 34.5 Å². The highest BCUT2D eigenvalue weighted by Crippen LogP contribution is 2.16. The van der Waals surface area contributed by atoms with Crippen molar-refractivity contribution in [3.05, 3.63) is 32.9 Å². The van der Waals surface area contributed by atoms with E-state index >= 15 is 0 Å². The van der Waals surface area contributed by atoms with Crippen molar-refractivity contribution in [3.8, 4) is 0 Å². The zero-order valence-electron chi connectivity index (χ0n) is 10.2. The summed E-state index contributed by atoms with van der Waals surface area (Å²) in [5, 5.41) is 11.3. The Morgan fingerprint density at radius 2 is 2.06 bits per heavy atom. The van der Waals surface area contributed by atoms with Gasteiger partial charge in [0, 0.05) is 16.5 Å². The van der Waals surface area contributed by atoms with Crippen LogP contribution in [0.5, 0.6) is 0 Å². The summed E-state index contributed by atoms with van der Waals surface area (Å²) in [6.07, 6.45) is 1.42. The van der Waals surface area contributed by atoms with Gasteiger partial charge >= 0.3 is 5.97 Å². The SMILES string of the molecule is Cc1cccc(I)c1C(=O)NCCCCC(=O)O. The van der Waals surface area contributed by atoms with E-state index in [1.165, 1.54) is 0 Å². The van der Waals surface area contributed by atoms with Crippen LogP contribution in [0.15, 0.2) is 18.2 Å². The summed E-state index contributed by atoms with van der Waals surface area (Å²) in [6, 6.07) is 5.72. The summed E-state index contributed by atoms with van der Waals surface area (Å²) >= 11 is 2.14. The predicted octanol–water partition coefficient (Wildman–Crippen LogP) is 2.58. The minimum absolute atomic E-state index is 0.0900. The van der Waals surface area contributed by atoms with Gasteiger partial charge in [0.1, 0.15) is 0 Å². The molecule has 0 aromatic heterocycles. The lowest BCUT2D eigenvalue weighted by atomic mass is 10.1. The second-order valence-electron chi connectivity index (χ2n) is 4.04. The molecular weight excluding hydrogens is 345 g/mol. The van der Waals surface area contributed by atoms with Crippen LogP contribution in [-0.4, -0.2) is 23.5 Å². The molecule has 4 nitrogen and oxygen atoms in total. The second-order valence-corrected chi connectivity index (χ2v) is 5.20. The largest absolute Gasteiger partial charge is 0.481 e. The number of carboxylic acid groups (broad SMARTS) is 1. The lowest BCUT2D eigenvalue weighted by Crippen LogP contribution is -2.26. The monoisotopic (exact) mass is 361 g/mol. The smallest absolute Gasteiger partial charge is 0.303 e. The van der Waals surface area contributed by atoms with Crippen LogP contribution in [-0.2, 0) is 4.79 Å². The maximum absolute atomic E-state index is 12.0. The molecule has 98 valence electrons. The van der Waals surface area contributed by atoms with E-state index in [4.69, 9.17) is 5.11 Å². The van der Waals surface area contributed by atoms with E-state index in [1.807, 2.05) is 25.1 Å². The molecule has 1 rings (SSSR count). The first-order valence-corrected chi connectivity index (χ1v) is 6.85. The number of halogens is 1. The molecule has 0 bridgehead atoms. The molecule has 0 radical (unpaired) electrons. The van der Waals surface area contributed by atoms with Crippen LogP contribution in [0, 0.1) is 10.5 Å². The normalized spacial score (nSPS) is 10.1. The highest BCUT2D eigenvalue weighted by molar-refractivity contribution is 14.1. The van der Waals surface area contributed by atoms with Gasteiger partial charge in [-0.3, -0.25) is 9.59 Å². The first-order valence-electron chi connectivity index (χ1n) is 5.77. The standard InChI is InChI=1S/C13H16INO3/c1-9-5-4-6-10(14)12(9)13(18)15-8-3-2-7-11(16)17/h4-6H,2-3,7-8H2,1H3,(H,15,18)(H,16,17). The molecule has 0 aliphatic rings. The van der Waals surface area contributed by atoms with Gasteiger partial charge in [-0.2, -0.15) is 0 Å². The Bertz CT molecular complexity index is 426. The minimum Gasteiger partial charge on any atom is -0.481 e. The average Bonchev–Trinajstić information content (AvgIpc) is 2.27. The molecule has 0 atom stereocenters. The van der Waals surface area contributed by atoms with Gasteiger partial charge < -0.3 is 10.4 Å². The van der Waals surface area contributed by atoms with Gasteiger partial charge in [0.05, 0.1) is 5.56 Å². The molecule has 0 spiro atoms. The van der Waals surface area contributed by atoms with Gasteiger partial charge in [0.25, 0.3) is 5.91 Å². The molecule has 0 unspecified atom stereocenters. The predicted molar refractivity (Wildman–Crippen MR) is 77.7 cm³/mol. The van der Waals surface area contributed by atoms with E-state index in [0.717, 1.165) is 9.13 Å². The Morgan fingerprint density at radius 1 is 1.33 bits per heavy atom. The number of hydrogen-bond donors (Lipinski definition) is 2. The van der Waals surface area contributed by atoms with Crippen molar-refractivity contribution < 1.29 is 14.7 Å². The van der Waals surface area contributed by atoms with Crippen LogP contribution in [0.3, 0.4) is 0 Å². The summed E-state index contributed by atoms with van der Waals surface area (Å²) in [7, 11) is 0. The fraction of sp³-hybridized carbons (Fsp3) is 0.385.